The Hall–Kier alpha value is -3.87. The summed E-state index contributed by atoms with van der Waals surface area (Å²) in [6.45, 7) is 0. The van der Waals surface area contributed by atoms with E-state index in [1.807, 2.05) is 18.2 Å². The van der Waals surface area contributed by atoms with E-state index in [1.54, 1.807) is 34.9 Å². The molecule has 1 heterocycles. The van der Waals surface area contributed by atoms with Crippen LogP contribution in [0.4, 0.5) is 13.2 Å². The minimum Gasteiger partial charge on any atom is -0.344 e. The number of alkyl halides is 3. The lowest BCUT2D eigenvalue weighted by molar-refractivity contribution is -0.137. The molecule has 4 aromatic rings. The van der Waals surface area contributed by atoms with Crippen molar-refractivity contribution in [2.45, 2.75) is 31.5 Å². The van der Waals surface area contributed by atoms with Gasteiger partial charge in [-0.2, -0.15) is 13.2 Å². The third-order valence-electron chi connectivity index (χ3n) is 6.21. The van der Waals surface area contributed by atoms with Crippen LogP contribution in [0.2, 0.25) is 0 Å². The largest absolute Gasteiger partial charge is 0.417 e. The zero-order chi connectivity index (χ0) is 23.7. The second-order valence-electron chi connectivity index (χ2n) is 8.36. The number of hydrogen-bond donors (Lipinski definition) is 1. The molecule has 0 aliphatic heterocycles. The quantitative estimate of drug-likeness (QED) is 0.384. The molecule has 1 amide bonds. The summed E-state index contributed by atoms with van der Waals surface area (Å²) in [7, 11) is 0. The van der Waals surface area contributed by atoms with Gasteiger partial charge in [0, 0.05) is 5.69 Å². The Labute approximate surface area is 195 Å². The molecule has 34 heavy (non-hydrogen) atoms. The van der Waals surface area contributed by atoms with Gasteiger partial charge in [-0.25, -0.2) is 4.98 Å². The van der Waals surface area contributed by atoms with Gasteiger partial charge >= 0.3 is 6.18 Å². The van der Waals surface area contributed by atoms with Gasteiger partial charge in [0.05, 0.1) is 24.1 Å². The standard InChI is InChI=1S/C27H22F3N3O/c28-27(29,30)23-13-4-3-11-21(23)19-9-5-10-20(15-19)33-17-31-16-25(33)26(34)32-24-14-6-8-18-7-1-2-12-22(18)24/h1-5,7,9-13,15-17,24H,6,8,14H2,(H,32,34). The molecule has 0 saturated carbocycles. The predicted molar refractivity (Wildman–Crippen MR) is 124 cm³/mol. The Balaban J connectivity index is 1.46. The van der Waals surface area contributed by atoms with E-state index in [-0.39, 0.29) is 17.5 Å². The first-order valence-corrected chi connectivity index (χ1v) is 11.1. The molecule has 1 aliphatic carbocycles. The van der Waals surface area contributed by atoms with Crippen molar-refractivity contribution in [1.82, 2.24) is 14.9 Å². The van der Waals surface area contributed by atoms with Crippen molar-refractivity contribution in [2.75, 3.05) is 0 Å². The van der Waals surface area contributed by atoms with Crippen molar-refractivity contribution in [3.8, 4) is 16.8 Å². The molecule has 7 heteroatoms. The van der Waals surface area contributed by atoms with E-state index in [2.05, 4.69) is 16.4 Å². The zero-order valence-corrected chi connectivity index (χ0v) is 18.2. The van der Waals surface area contributed by atoms with Gasteiger partial charge in [-0.05, 0) is 59.7 Å². The number of fused-ring (bicyclic) bond motifs is 1. The maximum Gasteiger partial charge on any atom is 0.417 e. The first-order chi connectivity index (χ1) is 16.4. The van der Waals surface area contributed by atoms with Crippen LogP contribution in [0.1, 0.15) is 46.1 Å². The van der Waals surface area contributed by atoms with E-state index in [9.17, 15) is 18.0 Å². The topological polar surface area (TPSA) is 46.9 Å². The summed E-state index contributed by atoms with van der Waals surface area (Å²) in [5.74, 6) is -0.278. The predicted octanol–water partition coefficient (Wildman–Crippen LogP) is 6.37. The summed E-state index contributed by atoms with van der Waals surface area (Å²) in [4.78, 5) is 17.3. The van der Waals surface area contributed by atoms with E-state index in [0.29, 0.717) is 16.9 Å². The summed E-state index contributed by atoms with van der Waals surface area (Å²) < 4.78 is 42.2. The number of hydrogen-bond acceptors (Lipinski definition) is 2. The molecule has 0 radical (unpaired) electrons. The first-order valence-electron chi connectivity index (χ1n) is 11.1. The fraction of sp³-hybridized carbons (Fsp3) is 0.185. The minimum atomic E-state index is -4.47. The van der Waals surface area contributed by atoms with Crippen LogP contribution in [0.15, 0.2) is 85.3 Å². The average Bonchev–Trinajstić information content (AvgIpc) is 3.34. The highest BCUT2D eigenvalue weighted by molar-refractivity contribution is 5.93. The minimum absolute atomic E-state index is 0.0850. The maximum absolute atomic E-state index is 13.5. The zero-order valence-electron chi connectivity index (χ0n) is 18.2. The van der Waals surface area contributed by atoms with Crippen molar-refractivity contribution in [1.29, 1.82) is 0 Å². The van der Waals surface area contributed by atoms with E-state index >= 15 is 0 Å². The molecule has 0 bridgehead atoms. The molecular formula is C27H22F3N3O. The number of benzene rings is 3. The number of aryl methyl sites for hydroxylation is 1. The van der Waals surface area contributed by atoms with Crippen molar-refractivity contribution < 1.29 is 18.0 Å². The molecule has 1 unspecified atom stereocenters. The van der Waals surface area contributed by atoms with Gasteiger partial charge in [-0.15, -0.1) is 0 Å². The molecule has 5 rings (SSSR count). The lowest BCUT2D eigenvalue weighted by atomic mass is 9.87. The van der Waals surface area contributed by atoms with Crippen LogP contribution in [0.5, 0.6) is 0 Å². The van der Waals surface area contributed by atoms with E-state index in [0.717, 1.165) is 30.9 Å². The van der Waals surface area contributed by atoms with Crippen molar-refractivity contribution in [2.24, 2.45) is 0 Å². The SMILES string of the molecule is O=C(NC1CCCc2ccccc21)c1cncn1-c1cccc(-c2ccccc2C(F)(F)F)c1. The van der Waals surface area contributed by atoms with Crippen LogP contribution in [0.25, 0.3) is 16.8 Å². The van der Waals surface area contributed by atoms with Gasteiger partial charge in [0.15, 0.2) is 0 Å². The third-order valence-corrected chi connectivity index (χ3v) is 6.21. The molecule has 1 N–H and O–H groups in total. The van der Waals surface area contributed by atoms with Crippen LogP contribution < -0.4 is 5.32 Å². The van der Waals surface area contributed by atoms with Gasteiger partial charge in [-0.3, -0.25) is 9.36 Å². The number of nitrogens with zero attached hydrogens (tertiary/aromatic N) is 2. The number of carbonyl (C=O) groups is 1. The van der Waals surface area contributed by atoms with E-state index < -0.39 is 11.7 Å². The summed E-state index contributed by atoms with van der Waals surface area (Å²) in [5.41, 5.74) is 3.04. The number of amides is 1. The van der Waals surface area contributed by atoms with Gasteiger partial charge in [0.25, 0.3) is 5.91 Å². The van der Waals surface area contributed by atoms with Gasteiger partial charge in [0.2, 0.25) is 0 Å². The molecular weight excluding hydrogens is 439 g/mol. The number of halogens is 3. The first kappa shape index (κ1) is 21.9. The summed E-state index contributed by atoms with van der Waals surface area (Å²) in [6, 6.07) is 20.2. The molecule has 0 spiro atoms. The number of aromatic nitrogens is 2. The number of imidazole rings is 1. The monoisotopic (exact) mass is 461 g/mol. The van der Waals surface area contributed by atoms with Crippen LogP contribution >= 0.6 is 0 Å². The summed E-state index contributed by atoms with van der Waals surface area (Å²) >= 11 is 0. The Morgan fingerprint density at radius 3 is 2.65 bits per heavy atom. The second-order valence-corrected chi connectivity index (χ2v) is 8.36. The van der Waals surface area contributed by atoms with Crippen LogP contribution in [0, 0.1) is 0 Å². The highest BCUT2D eigenvalue weighted by Gasteiger charge is 2.33. The smallest absolute Gasteiger partial charge is 0.344 e. The Morgan fingerprint density at radius 1 is 1.00 bits per heavy atom. The van der Waals surface area contributed by atoms with E-state index in [4.69, 9.17) is 0 Å². The fourth-order valence-corrected chi connectivity index (χ4v) is 4.61. The van der Waals surface area contributed by atoms with Crippen molar-refractivity contribution in [3.63, 3.8) is 0 Å². The molecule has 1 aliphatic rings. The van der Waals surface area contributed by atoms with Gasteiger partial charge < -0.3 is 5.32 Å². The molecule has 3 aromatic carbocycles. The average molecular weight is 461 g/mol. The lowest BCUT2D eigenvalue weighted by Crippen LogP contribution is -2.32. The molecule has 1 atom stereocenters. The van der Waals surface area contributed by atoms with Gasteiger partial charge in [0.1, 0.15) is 5.69 Å². The Morgan fingerprint density at radius 2 is 1.79 bits per heavy atom. The highest BCUT2D eigenvalue weighted by Crippen LogP contribution is 2.37. The molecule has 0 fully saturated rings. The molecule has 0 saturated heterocycles. The van der Waals surface area contributed by atoms with E-state index in [1.165, 1.54) is 30.2 Å². The maximum atomic E-state index is 13.5. The van der Waals surface area contributed by atoms with Crippen LogP contribution in [-0.4, -0.2) is 15.5 Å². The lowest BCUT2D eigenvalue weighted by Gasteiger charge is -2.26. The van der Waals surface area contributed by atoms with Crippen molar-refractivity contribution >= 4 is 5.91 Å². The molecule has 172 valence electrons. The number of rotatable bonds is 4. The van der Waals surface area contributed by atoms with Crippen LogP contribution in [0.3, 0.4) is 0 Å². The number of carbonyl (C=O) groups excluding carboxylic acids is 1. The normalized spacial score (nSPS) is 15.6. The second kappa shape index (κ2) is 8.82. The number of nitrogens with one attached hydrogen (secondary N) is 1. The summed E-state index contributed by atoms with van der Waals surface area (Å²) in [5, 5.41) is 3.11. The van der Waals surface area contributed by atoms with Gasteiger partial charge in [-0.1, -0.05) is 54.6 Å². The molecule has 4 nitrogen and oxygen atoms in total. The van der Waals surface area contributed by atoms with Crippen molar-refractivity contribution in [3.05, 3.63) is 108 Å². The van der Waals surface area contributed by atoms with Crippen LogP contribution in [-0.2, 0) is 12.6 Å². The molecule has 1 aromatic heterocycles. The highest BCUT2D eigenvalue weighted by atomic mass is 19.4. The Bertz CT molecular complexity index is 1340. The third kappa shape index (κ3) is 4.21. The Kier molecular flexibility index (Phi) is 5.69. The fourth-order valence-electron chi connectivity index (χ4n) is 4.61. The summed E-state index contributed by atoms with van der Waals surface area (Å²) in [6.07, 6.45) is 1.33.